The summed E-state index contributed by atoms with van der Waals surface area (Å²) in [5, 5.41) is 0. The maximum Gasteiger partial charge on any atom is 0.126 e. The summed E-state index contributed by atoms with van der Waals surface area (Å²) in [6.07, 6.45) is 4.25. The normalized spacial score (nSPS) is 12.2. The van der Waals surface area contributed by atoms with Crippen LogP contribution in [0.25, 0.3) is 0 Å². The van der Waals surface area contributed by atoms with Gasteiger partial charge in [-0.15, -0.1) is 0 Å². The SMILES string of the molecule is CCCOc1ccc(CCN)c(OC(C)CCC)c1. The van der Waals surface area contributed by atoms with Crippen LogP contribution in [-0.2, 0) is 6.42 Å². The van der Waals surface area contributed by atoms with Gasteiger partial charge in [0.15, 0.2) is 0 Å². The second-order valence-electron chi connectivity index (χ2n) is 4.87. The van der Waals surface area contributed by atoms with Crippen LogP contribution < -0.4 is 15.2 Å². The third-order valence-electron chi connectivity index (χ3n) is 2.95. The van der Waals surface area contributed by atoms with Gasteiger partial charge < -0.3 is 15.2 Å². The fourth-order valence-corrected chi connectivity index (χ4v) is 2.00. The highest BCUT2D eigenvalue weighted by Crippen LogP contribution is 2.27. The predicted octanol–water partition coefficient (Wildman–Crippen LogP) is 3.54. The van der Waals surface area contributed by atoms with Gasteiger partial charge in [0.25, 0.3) is 0 Å². The van der Waals surface area contributed by atoms with Crippen molar-refractivity contribution in [1.82, 2.24) is 0 Å². The van der Waals surface area contributed by atoms with E-state index >= 15 is 0 Å². The summed E-state index contributed by atoms with van der Waals surface area (Å²) in [7, 11) is 0. The van der Waals surface area contributed by atoms with Crippen molar-refractivity contribution in [2.24, 2.45) is 5.73 Å². The van der Waals surface area contributed by atoms with Crippen LogP contribution in [0.2, 0.25) is 0 Å². The Morgan fingerprint density at radius 1 is 1.21 bits per heavy atom. The minimum absolute atomic E-state index is 0.225. The first-order chi connectivity index (χ1) is 9.21. The summed E-state index contributed by atoms with van der Waals surface area (Å²) >= 11 is 0. The van der Waals surface area contributed by atoms with E-state index in [1.54, 1.807) is 0 Å². The molecular weight excluding hydrogens is 238 g/mol. The average molecular weight is 265 g/mol. The molecule has 1 rings (SSSR count). The lowest BCUT2D eigenvalue weighted by Crippen LogP contribution is -2.13. The smallest absolute Gasteiger partial charge is 0.126 e. The van der Waals surface area contributed by atoms with Crippen LogP contribution in [0.3, 0.4) is 0 Å². The minimum atomic E-state index is 0.225. The third kappa shape index (κ3) is 5.52. The summed E-state index contributed by atoms with van der Waals surface area (Å²) in [4.78, 5) is 0. The third-order valence-corrected chi connectivity index (χ3v) is 2.95. The molecule has 0 aliphatic heterocycles. The second-order valence-corrected chi connectivity index (χ2v) is 4.87. The zero-order valence-corrected chi connectivity index (χ0v) is 12.4. The van der Waals surface area contributed by atoms with Gasteiger partial charge in [-0.05, 0) is 44.4 Å². The Morgan fingerprint density at radius 2 is 2.00 bits per heavy atom. The number of rotatable bonds is 9. The van der Waals surface area contributed by atoms with Gasteiger partial charge in [0.2, 0.25) is 0 Å². The van der Waals surface area contributed by atoms with Crippen LogP contribution >= 0.6 is 0 Å². The number of hydrogen-bond acceptors (Lipinski definition) is 3. The maximum absolute atomic E-state index is 6.02. The van der Waals surface area contributed by atoms with Gasteiger partial charge in [-0.1, -0.05) is 26.3 Å². The first-order valence-electron chi connectivity index (χ1n) is 7.33. The molecule has 3 nitrogen and oxygen atoms in total. The molecule has 1 atom stereocenters. The molecular formula is C16H27NO2. The van der Waals surface area contributed by atoms with E-state index < -0.39 is 0 Å². The quantitative estimate of drug-likeness (QED) is 0.742. The van der Waals surface area contributed by atoms with E-state index in [2.05, 4.69) is 26.8 Å². The van der Waals surface area contributed by atoms with Gasteiger partial charge in [-0.3, -0.25) is 0 Å². The second kappa shape index (κ2) is 8.81. The first kappa shape index (κ1) is 15.8. The molecule has 19 heavy (non-hydrogen) atoms. The molecule has 0 fully saturated rings. The molecule has 3 heteroatoms. The van der Waals surface area contributed by atoms with Gasteiger partial charge in [0.1, 0.15) is 11.5 Å². The average Bonchev–Trinajstić information content (AvgIpc) is 2.39. The van der Waals surface area contributed by atoms with E-state index in [0.29, 0.717) is 6.54 Å². The lowest BCUT2D eigenvalue weighted by atomic mass is 10.1. The van der Waals surface area contributed by atoms with Crippen LogP contribution in [0, 0.1) is 0 Å². The highest BCUT2D eigenvalue weighted by atomic mass is 16.5. The van der Waals surface area contributed by atoms with Crippen LogP contribution in [-0.4, -0.2) is 19.3 Å². The van der Waals surface area contributed by atoms with Crippen LogP contribution in [0.1, 0.15) is 45.6 Å². The van der Waals surface area contributed by atoms with Crippen molar-refractivity contribution in [2.75, 3.05) is 13.2 Å². The Labute approximate surface area is 117 Å². The molecule has 1 unspecified atom stereocenters. The van der Waals surface area contributed by atoms with Gasteiger partial charge in [-0.25, -0.2) is 0 Å². The molecule has 0 bridgehead atoms. The minimum Gasteiger partial charge on any atom is -0.493 e. The van der Waals surface area contributed by atoms with Gasteiger partial charge in [0, 0.05) is 6.07 Å². The van der Waals surface area contributed by atoms with E-state index in [9.17, 15) is 0 Å². The van der Waals surface area contributed by atoms with Crippen LogP contribution in [0.15, 0.2) is 18.2 Å². The van der Waals surface area contributed by atoms with Crippen molar-refractivity contribution < 1.29 is 9.47 Å². The van der Waals surface area contributed by atoms with Gasteiger partial charge >= 0.3 is 0 Å². The van der Waals surface area contributed by atoms with Crippen LogP contribution in [0.5, 0.6) is 11.5 Å². The molecule has 0 aliphatic carbocycles. The summed E-state index contributed by atoms with van der Waals surface area (Å²) in [6, 6.07) is 6.05. The van der Waals surface area contributed by atoms with Crippen molar-refractivity contribution in [3.05, 3.63) is 23.8 Å². The molecule has 2 N–H and O–H groups in total. The lowest BCUT2D eigenvalue weighted by Gasteiger charge is -2.18. The van der Waals surface area contributed by atoms with Crippen molar-refractivity contribution in [1.29, 1.82) is 0 Å². The van der Waals surface area contributed by atoms with E-state index in [1.807, 2.05) is 12.1 Å². The Kier molecular flexibility index (Phi) is 7.34. The molecule has 0 heterocycles. The van der Waals surface area contributed by atoms with Crippen molar-refractivity contribution >= 4 is 0 Å². The highest BCUT2D eigenvalue weighted by Gasteiger charge is 2.09. The molecule has 1 aromatic carbocycles. The molecule has 0 saturated heterocycles. The first-order valence-corrected chi connectivity index (χ1v) is 7.33. The summed E-state index contributed by atoms with van der Waals surface area (Å²) in [5.74, 6) is 1.79. The molecule has 0 saturated carbocycles. The standard InChI is InChI=1S/C16H27NO2/c1-4-6-13(3)19-16-12-15(18-11-5-2)8-7-14(16)9-10-17/h7-8,12-13H,4-6,9-11,17H2,1-3H3. The summed E-state index contributed by atoms with van der Waals surface area (Å²) in [6.45, 7) is 7.74. The van der Waals surface area contributed by atoms with E-state index in [0.717, 1.165) is 49.4 Å². The Morgan fingerprint density at radius 3 is 2.63 bits per heavy atom. The number of hydrogen-bond donors (Lipinski definition) is 1. The highest BCUT2D eigenvalue weighted by molar-refractivity contribution is 5.41. The molecule has 1 aromatic rings. The van der Waals surface area contributed by atoms with Crippen molar-refractivity contribution in [3.63, 3.8) is 0 Å². The van der Waals surface area contributed by atoms with Gasteiger partial charge in [-0.2, -0.15) is 0 Å². The fourth-order valence-electron chi connectivity index (χ4n) is 2.00. The summed E-state index contributed by atoms with van der Waals surface area (Å²) in [5.41, 5.74) is 6.81. The zero-order valence-electron chi connectivity index (χ0n) is 12.4. The predicted molar refractivity (Wildman–Crippen MR) is 80.0 cm³/mol. The number of ether oxygens (including phenoxy) is 2. The zero-order chi connectivity index (χ0) is 14.1. The van der Waals surface area contributed by atoms with Crippen LogP contribution in [0.4, 0.5) is 0 Å². The number of benzene rings is 1. The molecule has 108 valence electrons. The largest absolute Gasteiger partial charge is 0.493 e. The summed E-state index contributed by atoms with van der Waals surface area (Å²) < 4.78 is 11.7. The molecule has 0 spiro atoms. The Bertz CT molecular complexity index is 366. The van der Waals surface area contributed by atoms with Gasteiger partial charge in [0.05, 0.1) is 12.7 Å². The number of nitrogens with two attached hydrogens (primary N) is 1. The monoisotopic (exact) mass is 265 g/mol. The van der Waals surface area contributed by atoms with E-state index in [1.165, 1.54) is 0 Å². The molecule has 0 aromatic heterocycles. The van der Waals surface area contributed by atoms with E-state index in [4.69, 9.17) is 15.2 Å². The topological polar surface area (TPSA) is 44.5 Å². The maximum atomic E-state index is 6.02. The van der Waals surface area contributed by atoms with Crippen molar-refractivity contribution in [2.45, 2.75) is 52.6 Å². The fraction of sp³-hybridized carbons (Fsp3) is 0.625. The van der Waals surface area contributed by atoms with E-state index in [-0.39, 0.29) is 6.10 Å². The lowest BCUT2D eigenvalue weighted by molar-refractivity contribution is 0.206. The Balaban J connectivity index is 2.81. The van der Waals surface area contributed by atoms with Crippen molar-refractivity contribution in [3.8, 4) is 11.5 Å². The molecule has 0 radical (unpaired) electrons. The molecule has 0 amide bonds. The molecule has 0 aliphatic rings. The Hall–Kier alpha value is -1.22.